The Bertz CT molecular complexity index is 562. The van der Waals surface area contributed by atoms with Crippen molar-refractivity contribution in [2.45, 2.75) is 32.7 Å². The van der Waals surface area contributed by atoms with Crippen LogP contribution >= 0.6 is 11.3 Å². The fourth-order valence-electron chi connectivity index (χ4n) is 1.52. The molecule has 0 aliphatic rings. The highest BCUT2D eigenvalue weighted by atomic mass is 32.1. The van der Waals surface area contributed by atoms with Gasteiger partial charge in [-0.3, -0.25) is 9.48 Å². The molecule has 102 valence electrons. The van der Waals surface area contributed by atoms with Crippen LogP contribution < -0.4 is 5.32 Å². The number of carboxylic acid groups (broad SMARTS) is 1. The van der Waals surface area contributed by atoms with E-state index in [-0.39, 0.29) is 6.42 Å². The summed E-state index contributed by atoms with van der Waals surface area (Å²) in [6.45, 7) is 4.12. The molecule has 0 bridgehead atoms. The van der Waals surface area contributed by atoms with Gasteiger partial charge in [0.05, 0.1) is 12.1 Å². The van der Waals surface area contributed by atoms with Crippen LogP contribution in [0.2, 0.25) is 0 Å². The molecule has 0 fully saturated rings. The van der Waals surface area contributed by atoms with Gasteiger partial charge in [0.2, 0.25) is 0 Å². The van der Waals surface area contributed by atoms with Gasteiger partial charge < -0.3 is 10.4 Å². The minimum Gasteiger partial charge on any atom is -0.481 e. The van der Waals surface area contributed by atoms with Gasteiger partial charge in [-0.15, -0.1) is 11.3 Å². The first-order valence-corrected chi connectivity index (χ1v) is 6.91. The van der Waals surface area contributed by atoms with E-state index >= 15 is 0 Å². The van der Waals surface area contributed by atoms with Gasteiger partial charge in [0, 0.05) is 30.1 Å². The molecule has 0 radical (unpaired) electrons. The number of nitrogens with zero attached hydrogens (tertiary/aromatic N) is 3. The molecule has 2 aromatic rings. The van der Waals surface area contributed by atoms with Crippen LogP contribution in [0.25, 0.3) is 0 Å². The lowest BCUT2D eigenvalue weighted by Crippen LogP contribution is -2.02. The average Bonchev–Trinajstić information content (AvgIpc) is 2.96. The van der Waals surface area contributed by atoms with E-state index in [2.05, 4.69) is 29.2 Å². The predicted octanol–water partition coefficient (Wildman–Crippen LogP) is 2.68. The standard InChI is InChI=1S/C12H16N4O2S/c1-8(2)16-6-5-10(15-16)14-12-13-9(7-19-12)3-4-11(17)18/h5-8H,3-4H2,1-2H3,(H,17,18)(H,13,14,15). The van der Waals surface area contributed by atoms with Crippen LogP contribution in [0.15, 0.2) is 17.6 Å². The lowest BCUT2D eigenvalue weighted by Gasteiger charge is -2.03. The van der Waals surface area contributed by atoms with Gasteiger partial charge in [0.25, 0.3) is 0 Å². The van der Waals surface area contributed by atoms with Crippen molar-refractivity contribution in [2.24, 2.45) is 0 Å². The van der Waals surface area contributed by atoms with Crippen LogP contribution in [0, 0.1) is 0 Å². The Hall–Kier alpha value is -1.89. The van der Waals surface area contributed by atoms with E-state index in [1.54, 1.807) is 0 Å². The third kappa shape index (κ3) is 3.78. The summed E-state index contributed by atoms with van der Waals surface area (Å²) in [4.78, 5) is 14.8. The summed E-state index contributed by atoms with van der Waals surface area (Å²) in [7, 11) is 0. The third-order valence-electron chi connectivity index (χ3n) is 2.52. The smallest absolute Gasteiger partial charge is 0.303 e. The maximum absolute atomic E-state index is 10.5. The van der Waals surface area contributed by atoms with E-state index in [1.165, 1.54) is 11.3 Å². The predicted molar refractivity (Wildman–Crippen MR) is 74.0 cm³/mol. The van der Waals surface area contributed by atoms with Gasteiger partial charge in [-0.05, 0) is 13.8 Å². The van der Waals surface area contributed by atoms with Crippen LogP contribution in [-0.4, -0.2) is 25.8 Å². The number of rotatable bonds is 6. The minimum absolute atomic E-state index is 0.102. The number of hydrogen-bond acceptors (Lipinski definition) is 5. The van der Waals surface area contributed by atoms with Crippen molar-refractivity contribution in [3.63, 3.8) is 0 Å². The Morgan fingerprint density at radius 1 is 1.58 bits per heavy atom. The van der Waals surface area contributed by atoms with Crippen LogP contribution in [0.4, 0.5) is 10.9 Å². The molecule has 2 heterocycles. The van der Waals surface area contributed by atoms with Gasteiger partial charge in [-0.1, -0.05) is 0 Å². The van der Waals surface area contributed by atoms with E-state index in [0.717, 1.165) is 16.6 Å². The number of carboxylic acids is 1. The van der Waals surface area contributed by atoms with E-state index in [0.29, 0.717) is 12.5 Å². The summed E-state index contributed by atoms with van der Waals surface area (Å²) >= 11 is 1.45. The van der Waals surface area contributed by atoms with E-state index in [1.807, 2.05) is 22.3 Å². The van der Waals surface area contributed by atoms with E-state index < -0.39 is 5.97 Å². The average molecular weight is 280 g/mol. The largest absolute Gasteiger partial charge is 0.481 e. The van der Waals surface area contributed by atoms with Crippen molar-refractivity contribution >= 4 is 28.3 Å². The number of thiazole rings is 1. The quantitative estimate of drug-likeness (QED) is 0.850. The molecule has 0 atom stereocenters. The first kappa shape index (κ1) is 13.5. The van der Waals surface area contributed by atoms with Crippen molar-refractivity contribution < 1.29 is 9.90 Å². The molecule has 0 saturated carbocycles. The van der Waals surface area contributed by atoms with Crippen molar-refractivity contribution in [1.29, 1.82) is 0 Å². The molecule has 6 nitrogen and oxygen atoms in total. The summed E-state index contributed by atoms with van der Waals surface area (Å²) in [6.07, 6.45) is 2.46. The Balaban J connectivity index is 1.97. The lowest BCUT2D eigenvalue weighted by molar-refractivity contribution is -0.136. The van der Waals surface area contributed by atoms with Gasteiger partial charge in [-0.25, -0.2) is 4.98 Å². The highest BCUT2D eigenvalue weighted by Crippen LogP contribution is 2.21. The minimum atomic E-state index is -0.807. The fourth-order valence-corrected chi connectivity index (χ4v) is 2.27. The fraction of sp³-hybridized carbons (Fsp3) is 0.417. The molecule has 0 aliphatic carbocycles. The second-order valence-corrected chi connectivity index (χ2v) is 5.30. The maximum atomic E-state index is 10.5. The molecular formula is C12H16N4O2S. The molecule has 0 aromatic carbocycles. The van der Waals surface area contributed by atoms with Crippen LogP contribution in [-0.2, 0) is 11.2 Å². The molecule has 0 unspecified atom stereocenters. The van der Waals surface area contributed by atoms with Gasteiger partial charge in [0.15, 0.2) is 10.9 Å². The summed E-state index contributed by atoms with van der Waals surface area (Å²) in [5, 5.41) is 18.7. The summed E-state index contributed by atoms with van der Waals surface area (Å²) in [5.41, 5.74) is 0.790. The second kappa shape index (κ2) is 5.83. The van der Waals surface area contributed by atoms with Gasteiger partial charge in [0.1, 0.15) is 0 Å². The summed E-state index contributed by atoms with van der Waals surface area (Å²) in [6, 6.07) is 2.20. The van der Waals surface area contributed by atoms with Crippen LogP contribution in [0.3, 0.4) is 0 Å². The lowest BCUT2D eigenvalue weighted by atomic mass is 10.2. The van der Waals surface area contributed by atoms with E-state index in [4.69, 9.17) is 5.11 Å². The van der Waals surface area contributed by atoms with Crippen molar-refractivity contribution in [3.05, 3.63) is 23.3 Å². The number of anilines is 2. The number of carbonyl (C=O) groups is 1. The SMILES string of the molecule is CC(C)n1ccc(Nc2nc(CCC(=O)O)cs2)n1. The van der Waals surface area contributed by atoms with E-state index in [9.17, 15) is 4.79 Å². The van der Waals surface area contributed by atoms with Crippen LogP contribution in [0.1, 0.15) is 32.0 Å². The topological polar surface area (TPSA) is 80.0 Å². The zero-order chi connectivity index (χ0) is 13.8. The zero-order valence-electron chi connectivity index (χ0n) is 10.8. The summed E-state index contributed by atoms with van der Waals surface area (Å²) in [5.74, 6) is -0.0639. The third-order valence-corrected chi connectivity index (χ3v) is 3.33. The summed E-state index contributed by atoms with van der Waals surface area (Å²) < 4.78 is 1.86. The van der Waals surface area contributed by atoms with Crippen molar-refractivity contribution in [2.75, 3.05) is 5.32 Å². The van der Waals surface area contributed by atoms with Gasteiger partial charge in [-0.2, -0.15) is 5.10 Å². The van der Waals surface area contributed by atoms with Crippen molar-refractivity contribution in [1.82, 2.24) is 14.8 Å². The highest BCUT2D eigenvalue weighted by Gasteiger charge is 2.07. The van der Waals surface area contributed by atoms with Crippen LogP contribution in [0.5, 0.6) is 0 Å². The first-order chi connectivity index (χ1) is 9.04. The monoisotopic (exact) mass is 280 g/mol. The number of nitrogens with one attached hydrogen (secondary N) is 1. The van der Waals surface area contributed by atoms with Gasteiger partial charge >= 0.3 is 5.97 Å². The number of aromatic nitrogens is 3. The Morgan fingerprint density at radius 2 is 2.37 bits per heavy atom. The first-order valence-electron chi connectivity index (χ1n) is 6.03. The maximum Gasteiger partial charge on any atom is 0.303 e. The molecular weight excluding hydrogens is 264 g/mol. The molecule has 2 rings (SSSR count). The Labute approximate surface area is 115 Å². The zero-order valence-corrected chi connectivity index (χ0v) is 11.6. The number of aliphatic carboxylic acids is 1. The number of aryl methyl sites for hydroxylation is 1. The van der Waals surface area contributed by atoms with Crippen molar-refractivity contribution in [3.8, 4) is 0 Å². The Morgan fingerprint density at radius 3 is 3.00 bits per heavy atom. The molecule has 2 aromatic heterocycles. The molecule has 0 saturated heterocycles. The number of hydrogen-bond donors (Lipinski definition) is 2. The second-order valence-electron chi connectivity index (χ2n) is 4.44. The molecule has 0 aliphatic heterocycles. The highest BCUT2D eigenvalue weighted by molar-refractivity contribution is 7.13. The molecule has 19 heavy (non-hydrogen) atoms. The molecule has 0 amide bonds. The molecule has 0 spiro atoms. The normalized spacial score (nSPS) is 10.9. The Kier molecular flexibility index (Phi) is 4.16. The molecule has 2 N–H and O–H groups in total. The molecule has 7 heteroatoms.